The summed E-state index contributed by atoms with van der Waals surface area (Å²) in [5, 5.41) is 10.8. The third kappa shape index (κ3) is 7.52. The third-order valence-corrected chi connectivity index (χ3v) is 5.46. The highest BCUT2D eigenvalue weighted by atomic mass is 32.2. The Balaban J connectivity index is 1.90. The highest BCUT2D eigenvalue weighted by Crippen LogP contribution is 2.34. The Morgan fingerprint density at radius 1 is 0.944 bits per heavy atom. The predicted molar refractivity (Wildman–Crippen MR) is 131 cm³/mol. The van der Waals surface area contributed by atoms with Gasteiger partial charge >= 0.3 is 5.97 Å². The topological polar surface area (TPSA) is 131 Å². The summed E-state index contributed by atoms with van der Waals surface area (Å²) in [7, 11) is -3.99. The zero-order valence-electron chi connectivity index (χ0n) is 19.6. The van der Waals surface area contributed by atoms with Crippen molar-refractivity contribution in [3.05, 3.63) is 100 Å². The smallest absolute Gasteiger partial charge is 0.338 e. The number of nitro groups is 1. The third-order valence-electron chi connectivity index (χ3n) is 4.86. The van der Waals surface area contributed by atoms with E-state index in [2.05, 4.69) is 0 Å². The molecule has 0 N–H and O–H groups in total. The fraction of sp³-hybridized carbons (Fsp3) is 0.240. The van der Waals surface area contributed by atoms with E-state index in [9.17, 15) is 23.3 Å². The lowest BCUT2D eigenvalue weighted by atomic mass is 10.0. The number of benzene rings is 3. The molecule has 0 amide bonds. The first kappa shape index (κ1) is 26.6. The molecule has 1 unspecified atom stereocenters. The van der Waals surface area contributed by atoms with Gasteiger partial charge in [0.15, 0.2) is 23.7 Å². The lowest BCUT2D eigenvalue weighted by Crippen LogP contribution is -2.34. The van der Waals surface area contributed by atoms with Gasteiger partial charge in [0.25, 0.3) is 15.8 Å². The van der Waals surface area contributed by atoms with Crippen LogP contribution in [0.5, 0.6) is 11.5 Å². The second-order valence-electron chi connectivity index (χ2n) is 7.57. The van der Waals surface area contributed by atoms with Crippen LogP contribution < -0.4 is 9.47 Å². The van der Waals surface area contributed by atoms with Crippen molar-refractivity contribution in [3.63, 3.8) is 0 Å². The van der Waals surface area contributed by atoms with Crippen molar-refractivity contribution in [3.8, 4) is 11.5 Å². The van der Waals surface area contributed by atoms with Crippen molar-refractivity contribution in [2.45, 2.75) is 19.1 Å². The lowest BCUT2D eigenvalue weighted by Gasteiger charge is -2.28. The number of nitro benzene ring substituents is 1. The highest BCUT2D eigenvalue weighted by molar-refractivity contribution is 7.86. The molecule has 11 heteroatoms. The van der Waals surface area contributed by atoms with Gasteiger partial charge in [-0.05, 0) is 36.8 Å². The highest BCUT2D eigenvalue weighted by Gasteiger charge is 2.32. The van der Waals surface area contributed by atoms with Gasteiger partial charge in [0.1, 0.15) is 6.61 Å². The summed E-state index contributed by atoms with van der Waals surface area (Å²) < 4.78 is 46.7. The largest absolute Gasteiger partial charge is 0.490 e. The van der Waals surface area contributed by atoms with Crippen LogP contribution in [0.15, 0.2) is 78.9 Å². The van der Waals surface area contributed by atoms with Crippen molar-refractivity contribution in [1.29, 1.82) is 0 Å². The molecule has 10 nitrogen and oxygen atoms in total. The van der Waals surface area contributed by atoms with Crippen LogP contribution in [0, 0.1) is 10.1 Å². The Kier molecular flexibility index (Phi) is 8.98. The van der Waals surface area contributed by atoms with E-state index in [0.717, 1.165) is 6.26 Å². The Morgan fingerprint density at radius 2 is 1.56 bits per heavy atom. The number of carbonyl (C=O) groups is 1. The number of carbonyl (C=O) groups excluding carboxylic acids is 1. The number of para-hydroxylation sites is 2. The molecular weight excluding hydrogens is 490 g/mol. The first-order valence-electron chi connectivity index (χ1n) is 10.9. The van der Waals surface area contributed by atoms with Gasteiger partial charge in [-0.1, -0.05) is 42.5 Å². The Morgan fingerprint density at radius 3 is 2.14 bits per heavy atom. The van der Waals surface area contributed by atoms with Gasteiger partial charge in [0.2, 0.25) is 0 Å². The summed E-state index contributed by atoms with van der Waals surface area (Å²) in [4.78, 5) is 22.9. The van der Waals surface area contributed by atoms with Crippen LogP contribution in [0.2, 0.25) is 0 Å². The molecule has 0 aliphatic rings. The first-order valence-corrected chi connectivity index (χ1v) is 12.7. The normalized spacial score (nSPS) is 12.8. The maximum absolute atomic E-state index is 12.6. The molecule has 0 saturated carbocycles. The van der Waals surface area contributed by atoms with Gasteiger partial charge < -0.3 is 14.2 Å². The SMILES string of the molecule is CCOc1ccccc1O[C@@H](c1ccccc1)C(COC(=O)c1ccc([N+](=O)[O-])cc1)OS(C)(=O)=O. The molecular formula is C25H25NO9S. The maximum atomic E-state index is 12.6. The molecule has 3 aromatic rings. The quantitative estimate of drug-likeness (QED) is 0.150. The van der Waals surface area contributed by atoms with E-state index in [1.807, 2.05) is 6.92 Å². The van der Waals surface area contributed by atoms with E-state index in [0.29, 0.717) is 23.7 Å². The second-order valence-corrected chi connectivity index (χ2v) is 9.17. The number of nitrogens with zero attached hydrogens (tertiary/aromatic N) is 1. The standard InChI is InChI=1S/C25H25NO9S/c1-3-32-21-11-7-8-12-22(21)34-24(18-9-5-4-6-10-18)23(35-36(2,30)31)17-33-25(27)19-13-15-20(16-14-19)26(28)29/h4-16,23-24H,3,17H2,1-2H3/t23?,24-/m0/s1. The minimum Gasteiger partial charge on any atom is -0.490 e. The van der Waals surface area contributed by atoms with E-state index in [4.69, 9.17) is 18.4 Å². The van der Waals surface area contributed by atoms with Gasteiger partial charge in [-0.15, -0.1) is 0 Å². The number of esters is 1. The predicted octanol–water partition coefficient (Wildman–Crippen LogP) is 4.32. The van der Waals surface area contributed by atoms with Crippen LogP contribution >= 0.6 is 0 Å². The van der Waals surface area contributed by atoms with Crippen LogP contribution in [0.25, 0.3) is 0 Å². The molecule has 0 spiro atoms. The summed E-state index contributed by atoms with van der Waals surface area (Å²) in [5.74, 6) is -0.0209. The molecule has 0 aliphatic carbocycles. The molecule has 0 fully saturated rings. The van der Waals surface area contributed by atoms with Crippen LogP contribution in [0.1, 0.15) is 28.9 Å². The molecule has 3 aromatic carbocycles. The Hall–Kier alpha value is -3.96. The molecule has 0 saturated heterocycles. The van der Waals surface area contributed by atoms with Gasteiger partial charge in [-0.3, -0.25) is 14.3 Å². The number of rotatable bonds is 12. The summed E-state index contributed by atoms with van der Waals surface area (Å²) in [6.07, 6.45) is -1.39. The van der Waals surface area contributed by atoms with Crippen molar-refractivity contribution in [1.82, 2.24) is 0 Å². The fourth-order valence-electron chi connectivity index (χ4n) is 3.31. The summed E-state index contributed by atoms with van der Waals surface area (Å²) in [5.41, 5.74) is 0.441. The molecule has 36 heavy (non-hydrogen) atoms. The molecule has 190 valence electrons. The van der Waals surface area contributed by atoms with E-state index in [1.54, 1.807) is 54.6 Å². The van der Waals surface area contributed by atoms with Gasteiger partial charge in [0, 0.05) is 12.1 Å². The minimum absolute atomic E-state index is 0.0533. The molecule has 0 heterocycles. The summed E-state index contributed by atoms with van der Waals surface area (Å²) in [6, 6.07) is 20.5. The molecule has 2 atom stereocenters. The van der Waals surface area contributed by atoms with Gasteiger partial charge in [-0.2, -0.15) is 8.42 Å². The molecule has 3 rings (SSSR count). The van der Waals surface area contributed by atoms with Crippen molar-refractivity contribution in [2.75, 3.05) is 19.5 Å². The number of ether oxygens (including phenoxy) is 3. The van der Waals surface area contributed by atoms with Crippen molar-refractivity contribution >= 4 is 21.8 Å². The molecule has 0 aliphatic heterocycles. The average Bonchev–Trinajstić information content (AvgIpc) is 2.86. The van der Waals surface area contributed by atoms with Crippen LogP contribution in [0.3, 0.4) is 0 Å². The summed E-state index contributed by atoms with van der Waals surface area (Å²) in [6.45, 7) is 1.71. The van der Waals surface area contributed by atoms with Crippen molar-refractivity contribution in [2.24, 2.45) is 0 Å². The van der Waals surface area contributed by atoms with Crippen molar-refractivity contribution < 1.29 is 36.5 Å². The van der Waals surface area contributed by atoms with Crippen LogP contribution in [-0.2, 0) is 19.0 Å². The molecule has 0 aromatic heterocycles. The van der Waals surface area contributed by atoms with E-state index >= 15 is 0 Å². The molecule has 0 radical (unpaired) electrons. The monoisotopic (exact) mass is 515 g/mol. The van der Waals surface area contributed by atoms with E-state index in [-0.39, 0.29) is 11.3 Å². The maximum Gasteiger partial charge on any atom is 0.338 e. The van der Waals surface area contributed by atoms with E-state index < -0.39 is 39.8 Å². The minimum atomic E-state index is -3.99. The Bertz CT molecular complexity index is 1280. The van der Waals surface area contributed by atoms with E-state index in [1.165, 1.54) is 24.3 Å². The molecule has 0 bridgehead atoms. The number of hydrogen-bond donors (Lipinski definition) is 0. The summed E-state index contributed by atoms with van der Waals surface area (Å²) >= 11 is 0. The van der Waals surface area contributed by atoms with Crippen LogP contribution in [0.4, 0.5) is 5.69 Å². The zero-order chi connectivity index (χ0) is 26.1. The first-order chi connectivity index (χ1) is 17.2. The number of hydrogen-bond acceptors (Lipinski definition) is 9. The number of non-ortho nitro benzene ring substituents is 1. The lowest BCUT2D eigenvalue weighted by molar-refractivity contribution is -0.384. The Labute approximate surface area is 208 Å². The fourth-order valence-corrected chi connectivity index (χ4v) is 3.92. The van der Waals surface area contributed by atoms with Gasteiger partial charge in [0.05, 0.1) is 23.3 Å². The second kappa shape index (κ2) is 12.1. The average molecular weight is 516 g/mol. The zero-order valence-corrected chi connectivity index (χ0v) is 20.4. The van der Waals surface area contributed by atoms with Crippen LogP contribution in [-0.4, -0.2) is 44.9 Å². The van der Waals surface area contributed by atoms with Gasteiger partial charge in [-0.25, -0.2) is 4.79 Å².